The number of rotatable bonds is 6. The van der Waals surface area contributed by atoms with Gasteiger partial charge in [0, 0.05) is 7.05 Å². The molecule has 0 aliphatic rings. The summed E-state index contributed by atoms with van der Waals surface area (Å²) in [5.41, 5.74) is 1.15. The van der Waals surface area contributed by atoms with Gasteiger partial charge >= 0.3 is 0 Å². The van der Waals surface area contributed by atoms with Gasteiger partial charge in [0.05, 0.1) is 18.9 Å². The molecule has 2 aromatic rings. The zero-order valence-electron chi connectivity index (χ0n) is 11.1. The summed E-state index contributed by atoms with van der Waals surface area (Å²) in [5, 5.41) is 7.29. The van der Waals surface area contributed by atoms with Crippen molar-refractivity contribution < 1.29 is 9.15 Å². The summed E-state index contributed by atoms with van der Waals surface area (Å²) < 4.78 is 13.0. The van der Waals surface area contributed by atoms with Crippen molar-refractivity contribution in [1.82, 2.24) is 15.1 Å². The van der Waals surface area contributed by atoms with E-state index in [4.69, 9.17) is 9.15 Å². The third kappa shape index (κ3) is 3.13. The van der Waals surface area contributed by atoms with Gasteiger partial charge in [-0.15, -0.1) is 0 Å². The van der Waals surface area contributed by atoms with E-state index in [1.165, 1.54) is 0 Å². The molecule has 98 valence electrons. The molecule has 0 aliphatic heterocycles. The number of hydrogen-bond acceptors (Lipinski definition) is 4. The zero-order chi connectivity index (χ0) is 13.0. The maximum atomic E-state index is 5.73. The second-order valence-corrected chi connectivity index (χ2v) is 4.24. The molecule has 0 unspecified atom stereocenters. The van der Waals surface area contributed by atoms with Gasteiger partial charge in [0.15, 0.2) is 5.75 Å². The highest BCUT2D eigenvalue weighted by molar-refractivity contribution is 5.20. The van der Waals surface area contributed by atoms with E-state index in [1.54, 1.807) is 10.9 Å². The third-order valence-corrected chi connectivity index (χ3v) is 2.67. The SMILES string of the molecule is CCNCc1oc(COc2cnn(C)c2)cc1C. The Hall–Kier alpha value is -1.75. The summed E-state index contributed by atoms with van der Waals surface area (Å²) in [7, 11) is 1.86. The summed E-state index contributed by atoms with van der Waals surface area (Å²) in [4.78, 5) is 0. The third-order valence-electron chi connectivity index (χ3n) is 2.67. The molecule has 0 radical (unpaired) electrons. The Morgan fingerprint density at radius 3 is 3.00 bits per heavy atom. The molecular formula is C13H19N3O2. The second-order valence-electron chi connectivity index (χ2n) is 4.24. The first-order valence-electron chi connectivity index (χ1n) is 6.09. The van der Waals surface area contributed by atoms with Crippen molar-refractivity contribution in [3.05, 3.63) is 35.5 Å². The molecule has 0 saturated heterocycles. The van der Waals surface area contributed by atoms with Crippen LogP contribution in [0.15, 0.2) is 22.9 Å². The van der Waals surface area contributed by atoms with Crippen molar-refractivity contribution in [2.75, 3.05) is 6.54 Å². The quantitative estimate of drug-likeness (QED) is 0.851. The minimum atomic E-state index is 0.429. The van der Waals surface area contributed by atoms with E-state index in [-0.39, 0.29) is 0 Å². The topological polar surface area (TPSA) is 52.2 Å². The summed E-state index contributed by atoms with van der Waals surface area (Å²) >= 11 is 0. The van der Waals surface area contributed by atoms with Gasteiger partial charge in [-0.2, -0.15) is 5.10 Å². The van der Waals surface area contributed by atoms with Crippen molar-refractivity contribution >= 4 is 0 Å². The lowest BCUT2D eigenvalue weighted by Crippen LogP contribution is -2.11. The Morgan fingerprint density at radius 1 is 1.50 bits per heavy atom. The minimum Gasteiger partial charge on any atom is -0.482 e. The number of aromatic nitrogens is 2. The predicted octanol–water partition coefficient (Wildman–Crippen LogP) is 2.01. The summed E-state index contributed by atoms with van der Waals surface area (Å²) in [5.74, 6) is 2.56. The lowest BCUT2D eigenvalue weighted by Gasteiger charge is -2.00. The molecule has 5 heteroatoms. The highest BCUT2D eigenvalue weighted by Crippen LogP contribution is 2.17. The fourth-order valence-corrected chi connectivity index (χ4v) is 1.70. The van der Waals surface area contributed by atoms with Gasteiger partial charge in [0.2, 0.25) is 0 Å². The lowest BCUT2D eigenvalue weighted by molar-refractivity contribution is 0.265. The van der Waals surface area contributed by atoms with E-state index in [2.05, 4.69) is 17.3 Å². The van der Waals surface area contributed by atoms with E-state index in [1.807, 2.05) is 26.2 Å². The van der Waals surface area contributed by atoms with E-state index in [9.17, 15) is 0 Å². The maximum absolute atomic E-state index is 5.73. The van der Waals surface area contributed by atoms with E-state index in [0.717, 1.165) is 35.9 Å². The maximum Gasteiger partial charge on any atom is 0.157 e. The second kappa shape index (κ2) is 5.73. The predicted molar refractivity (Wildman–Crippen MR) is 68.4 cm³/mol. The zero-order valence-corrected chi connectivity index (χ0v) is 11.1. The fourth-order valence-electron chi connectivity index (χ4n) is 1.70. The largest absolute Gasteiger partial charge is 0.482 e. The van der Waals surface area contributed by atoms with Crippen LogP contribution in [0.1, 0.15) is 24.0 Å². The summed E-state index contributed by atoms with van der Waals surface area (Å²) in [6.07, 6.45) is 3.52. The monoisotopic (exact) mass is 249 g/mol. The van der Waals surface area contributed by atoms with Gasteiger partial charge in [-0.25, -0.2) is 0 Å². The minimum absolute atomic E-state index is 0.429. The van der Waals surface area contributed by atoms with Crippen LogP contribution < -0.4 is 10.1 Å². The Bertz CT molecular complexity index is 502. The number of ether oxygens (including phenoxy) is 1. The molecule has 2 heterocycles. The van der Waals surface area contributed by atoms with Gasteiger partial charge in [-0.3, -0.25) is 4.68 Å². The Balaban J connectivity index is 1.93. The highest BCUT2D eigenvalue weighted by atomic mass is 16.5. The highest BCUT2D eigenvalue weighted by Gasteiger charge is 2.08. The number of hydrogen-bond donors (Lipinski definition) is 1. The molecule has 2 aromatic heterocycles. The van der Waals surface area contributed by atoms with Crippen molar-refractivity contribution in [3.63, 3.8) is 0 Å². The van der Waals surface area contributed by atoms with Crippen LogP contribution in [0.5, 0.6) is 5.75 Å². The number of aryl methyl sites for hydroxylation is 2. The average Bonchev–Trinajstić information content (AvgIpc) is 2.91. The van der Waals surface area contributed by atoms with Crippen LogP contribution in [0.2, 0.25) is 0 Å². The molecule has 0 aromatic carbocycles. The molecule has 2 rings (SSSR count). The Morgan fingerprint density at radius 2 is 2.33 bits per heavy atom. The van der Waals surface area contributed by atoms with Crippen LogP contribution in [0.4, 0.5) is 0 Å². The van der Waals surface area contributed by atoms with Crippen molar-refractivity contribution in [3.8, 4) is 5.75 Å². The van der Waals surface area contributed by atoms with Crippen molar-refractivity contribution in [1.29, 1.82) is 0 Å². The van der Waals surface area contributed by atoms with Crippen LogP contribution in [0.3, 0.4) is 0 Å². The average molecular weight is 249 g/mol. The fraction of sp³-hybridized carbons (Fsp3) is 0.462. The molecule has 5 nitrogen and oxygen atoms in total. The lowest BCUT2D eigenvalue weighted by atomic mass is 10.2. The Labute approximate surface area is 107 Å². The first-order valence-corrected chi connectivity index (χ1v) is 6.09. The summed E-state index contributed by atoms with van der Waals surface area (Å²) in [6.45, 7) is 6.24. The Kier molecular flexibility index (Phi) is 4.04. The van der Waals surface area contributed by atoms with Crippen LogP contribution in [-0.4, -0.2) is 16.3 Å². The van der Waals surface area contributed by atoms with Crippen molar-refractivity contribution in [2.45, 2.75) is 27.0 Å². The van der Waals surface area contributed by atoms with Crippen LogP contribution in [-0.2, 0) is 20.2 Å². The van der Waals surface area contributed by atoms with E-state index in [0.29, 0.717) is 6.61 Å². The van der Waals surface area contributed by atoms with Crippen LogP contribution in [0, 0.1) is 6.92 Å². The molecule has 0 aliphatic carbocycles. The van der Waals surface area contributed by atoms with Gasteiger partial charge in [-0.05, 0) is 25.1 Å². The van der Waals surface area contributed by atoms with Crippen LogP contribution >= 0.6 is 0 Å². The van der Waals surface area contributed by atoms with E-state index >= 15 is 0 Å². The molecule has 0 spiro atoms. The van der Waals surface area contributed by atoms with Gasteiger partial charge in [0.1, 0.15) is 18.1 Å². The number of nitrogens with zero attached hydrogens (tertiary/aromatic N) is 2. The van der Waals surface area contributed by atoms with Crippen molar-refractivity contribution in [2.24, 2.45) is 7.05 Å². The molecule has 0 bridgehead atoms. The molecular weight excluding hydrogens is 230 g/mol. The first kappa shape index (κ1) is 12.7. The molecule has 0 amide bonds. The molecule has 0 fully saturated rings. The standard InChI is InChI=1S/C13H19N3O2/c1-4-14-7-13-10(2)5-11(18-13)9-17-12-6-15-16(3)8-12/h5-6,8,14H,4,7,9H2,1-3H3. The molecule has 1 N–H and O–H groups in total. The summed E-state index contributed by atoms with van der Waals surface area (Å²) in [6, 6.07) is 2.02. The van der Waals surface area contributed by atoms with E-state index < -0.39 is 0 Å². The smallest absolute Gasteiger partial charge is 0.157 e. The normalized spacial score (nSPS) is 10.8. The molecule has 18 heavy (non-hydrogen) atoms. The molecule has 0 atom stereocenters. The van der Waals surface area contributed by atoms with Crippen LogP contribution in [0.25, 0.3) is 0 Å². The van der Waals surface area contributed by atoms with Gasteiger partial charge < -0.3 is 14.5 Å². The van der Waals surface area contributed by atoms with Gasteiger partial charge in [-0.1, -0.05) is 6.92 Å². The number of nitrogens with one attached hydrogen (secondary N) is 1. The number of furan rings is 1. The first-order chi connectivity index (χ1) is 8.69. The molecule has 0 saturated carbocycles. The van der Waals surface area contributed by atoms with Gasteiger partial charge in [0.25, 0.3) is 0 Å².